The van der Waals surface area contributed by atoms with Crippen LogP contribution in [-0.4, -0.2) is 16.5 Å². The summed E-state index contributed by atoms with van der Waals surface area (Å²) in [5.74, 6) is 8.62. The van der Waals surface area contributed by atoms with Crippen LogP contribution in [0.5, 0.6) is 0 Å². The van der Waals surface area contributed by atoms with Crippen molar-refractivity contribution in [2.75, 3.05) is 17.3 Å². The van der Waals surface area contributed by atoms with Crippen molar-refractivity contribution in [2.45, 2.75) is 52.9 Å². The minimum Gasteiger partial charge on any atom is -0.370 e. The second-order valence-corrected chi connectivity index (χ2v) is 6.56. The number of nitrogens with one attached hydrogen (secondary N) is 2. The number of rotatable bonds is 5. The number of hydrogen-bond donors (Lipinski definition) is 3. The molecule has 1 heterocycles. The third kappa shape index (κ3) is 3.80. The van der Waals surface area contributed by atoms with Crippen LogP contribution in [0.4, 0.5) is 11.6 Å². The molecule has 1 aromatic heterocycles. The Hall–Kier alpha value is -1.36. The van der Waals surface area contributed by atoms with Gasteiger partial charge in [-0.15, -0.1) is 0 Å². The van der Waals surface area contributed by atoms with E-state index in [2.05, 4.69) is 41.5 Å². The predicted molar refractivity (Wildman–Crippen MR) is 79.1 cm³/mol. The fourth-order valence-electron chi connectivity index (χ4n) is 1.93. The molecule has 0 amide bonds. The van der Waals surface area contributed by atoms with Crippen LogP contribution >= 0.6 is 0 Å². The Morgan fingerprint density at radius 3 is 2.37 bits per heavy atom. The van der Waals surface area contributed by atoms with Gasteiger partial charge >= 0.3 is 0 Å². The van der Waals surface area contributed by atoms with E-state index >= 15 is 0 Å². The Kier molecular flexibility index (Phi) is 3.94. The Balaban J connectivity index is 2.11. The van der Waals surface area contributed by atoms with Crippen LogP contribution in [-0.2, 0) is 0 Å². The molecule has 1 aliphatic carbocycles. The van der Waals surface area contributed by atoms with Gasteiger partial charge in [0.1, 0.15) is 17.5 Å². The largest absolute Gasteiger partial charge is 0.370 e. The molecule has 5 heteroatoms. The van der Waals surface area contributed by atoms with Gasteiger partial charge in [-0.2, -0.15) is 0 Å². The molecular weight excluding hydrogens is 238 g/mol. The third-order valence-electron chi connectivity index (χ3n) is 3.41. The van der Waals surface area contributed by atoms with Gasteiger partial charge in [-0.3, -0.25) is 0 Å². The molecule has 0 bridgehead atoms. The lowest BCUT2D eigenvalue weighted by Crippen LogP contribution is -2.17. The van der Waals surface area contributed by atoms with Gasteiger partial charge in [-0.1, -0.05) is 20.8 Å². The van der Waals surface area contributed by atoms with Gasteiger partial charge in [0.25, 0.3) is 0 Å². The van der Waals surface area contributed by atoms with E-state index in [1.165, 1.54) is 12.8 Å². The molecule has 0 spiro atoms. The predicted octanol–water partition coefficient (Wildman–Crippen LogP) is 2.80. The maximum Gasteiger partial charge on any atom is 0.148 e. The van der Waals surface area contributed by atoms with Crippen LogP contribution < -0.4 is 16.6 Å². The lowest BCUT2D eigenvalue weighted by atomic mass is 9.92. The highest BCUT2D eigenvalue weighted by Crippen LogP contribution is 2.39. The van der Waals surface area contributed by atoms with Crippen molar-refractivity contribution in [3.63, 3.8) is 0 Å². The molecule has 0 saturated heterocycles. The van der Waals surface area contributed by atoms with Crippen molar-refractivity contribution in [1.29, 1.82) is 0 Å². The van der Waals surface area contributed by atoms with Crippen LogP contribution in [0.1, 0.15) is 57.3 Å². The third-order valence-corrected chi connectivity index (χ3v) is 3.41. The first kappa shape index (κ1) is 14.1. The molecule has 0 aliphatic heterocycles. The van der Waals surface area contributed by atoms with Gasteiger partial charge < -0.3 is 10.7 Å². The summed E-state index contributed by atoms with van der Waals surface area (Å²) in [7, 11) is 0. The topological polar surface area (TPSA) is 75.9 Å². The SMILES string of the molecule is Cc1c(NN)nc(C2CC2)nc1NCCC(C)(C)C. The molecule has 2 rings (SSSR count). The van der Waals surface area contributed by atoms with Crippen molar-refractivity contribution in [3.05, 3.63) is 11.4 Å². The maximum absolute atomic E-state index is 5.54. The zero-order chi connectivity index (χ0) is 14.0. The summed E-state index contributed by atoms with van der Waals surface area (Å²) in [5, 5.41) is 3.42. The molecule has 1 aliphatic rings. The maximum atomic E-state index is 5.54. The van der Waals surface area contributed by atoms with Crippen molar-refractivity contribution in [2.24, 2.45) is 11.3 Å². The minimum atomic E-state index is 0.322. The highest BCUT2D eigenvalue weighted by Gasteiger charge is 2.28. The lowest BCUT2D eigenvalue weighted by Gasteiger charge is -2.19. The number of nitrogens with two attached hydrogens (primary N) is 1. The number of hydrazine groups is 1. The van der Waals surface area contributed by atoms with Gasteiger partial charge in [0.2, 0.25) is 0 Å². The average molecular weight is 263 g/mol. The molecule has 106 valence electrons. The van der Waals surface area contributed by atoms with E-state index in [1.54, 1.807) is 0 Å². The summed E-state index contributed by atoms with van der Waals surface area (Å²) >= 11 is 0. The Bertz CT molecular complexity index is 446. The quantitative estimate of drug-likeness (QED) is 0.562. The molecule has 1 aromatic rings. The van der Waals surface area contributed by atoms with Crippen molar-refractivity contribution in [3.8, 4) is 0 Å². The van der Waals surface area contributed by atoms with Gasteiger partial charge in [0.15, 0.2) is 0 Å². The summed E-state index contributed by atoms with van der Waals surface area (Å²) < 4.78 is 0. The fourth-order valence-corrected chi connectivity index (χ4v) is 1.93. The standard InChI is InChI=1S/C14H25N5/c1-9-11(16-8-7-14(2,3)4)17-13(10-5-6-10)18-12(9)19-15/h10H,5-8,15H2,1-4H3,(H2,16,17,18,19). The van der Waals surface area contributed by atoms with E-state index in [4.69, 9.17) is 5.84 Å². The van der Waals surface area contributed by atoms with Crippen LogP contribution in [0, 0.1) is 12.3 Å². The van der Waals surface area contributed by atoms with Crippen molar-refractivity contribution >= 4 is 11.6 Å². The number of nitrogens with zero attached hydrogens (tertiary/aromatic N) is 2. The fraction of sp³-hybridized carbons (Fsp3) is 0.714. The second kappa shape index (κ2) is 5.33. The molecule has 1 fully saturated rings. The zero-order valence-corrected chi connectivity index (χ0v) is 12.4. The van der Waals surface area contributed by atoms with Crippen molar-refractivity contribution < 1.29 is 0 Å². The van der Waals surface area contributed by atoms with E-state index in [-0.39, 0.29) is 0 Å². The normalized spacial score (nSPS) is 15.4. The van der Waals surface area contributed by atoms with Gasteiger partial charge in [0, 0.05) is 18.0 Å². The van der Waals surface area contributed by atoms with Gasteiger partial charge in [-0.25, -0.2) is 15.8 Å². The molecule has 4 N–H and O–H groups in total. The first-order valence-electron chi connectivity index (χ1n) is 7.00. The summed E-state index contributed by atoms with van der Waals surface area (Å²) in [6.07, 6.45) is 3.48. The van der Waals surface area contributed by atoms with E-state index in [9.17, 15) is 0 Å². The minimum absolute atomic E-state index is 0.322. The smallest absolute Gasteiger partial charge is 0.148 e. The van der Waals surface area contributed by atoms with Gasteiger partial charge in [0.05, 0.1) is 0 Å². The Morgan fingerprint density at radius 2 is 1.84 bits per heavy atom. The summed E-state index contributed by atoms with van der Waals surface area (Å²) in [4.78, 5) is 9.13. The molecule has 5 nitrogen and oxygen atoms in total. The molecule has 19 heavy (non-hydrogen) atoms. The molecule has 0 atom stereocenters. The summed E-state index contributed by atoms with van der Waals surface area (Å²) in [5.41, 5.74) is 3.98. The number of anilines is 2. The summed E-state index contributed by atoms with van der Waals surface area (Å²) in [6.45, 7) is 9.62. The second-order valence-electron chi connectivity index (χ2n) is 6.56. The van der Waals surface area contributed by atoms with E-state index in [0.29, 0.717) is 11.3 Å². The molecule has 1 saturated carbocycles. The van der Waals surface area contributed by atoms with Crippen LogP contribution in [0.25, 0.3) is 0 Å². The first-order valence-corrected chi connectivity index (χ1v) is 7.00. The molecule has 0 unspecified atom stereocenters. The van der Waals surface area contributed by atoms with E-state index in [1.807, 2.05) is 6.92 Å². The molecule has 0 radical (unpaired) electrons. The average Bonchev–Trinajstić information content (AvgIpc) is 3.13. The molecular formula is C14H25N5. The Labute approximate surface area is 115 Å². The first-order chi connectivity index (χ1) is 8.90. The lowest BCUT2D eigenvalue weighted by molar-refractivity contribution is 0.389. The zero-order valence-electron chi connectivity index (χ0n) is 12.4. The highest BCUT2D eigenvalue weighted by atomic mass is 15.3. The van der Waals surface area contributed by atoms with E-state index < -0.39 is 0 Å². The van der Waals surface area contributed by atoms with E-state index in [0.717, 1.165) is 36.0 Å². The Morgan fingerprint density at radius 1 is 1.21 bits per heavy atom. The number of aromatic nitrogens is 2. The molecule has 0 aromatic carbocycles. The summed E-state index contributed by atoms with van der Waals surface area (Å²) in [6, 6.07) is 0. The highest BCUT2D eigenvalue weighted by molar-refractivity contribution is 5.57. The number of hydrogen-bond acceptors (Lipinski definition) is 5. The van der Waals surface area contributed by atoms with Crippen LogP contribution in [0.15, 0.2) is 0 Å². The van der Waals surface area contributed by atoms with Gasteiger partial charge in [-0.05, 0) is 31.6 Å². The van der Waals surface area contributed by atoms with Crippen LogP contribution in [0.2, 0.25) is 0 Å². The monoisotopic (exact) mass is 263 g/mol. The van der Waals surface area contributed by atoms with Crippen LogP contribution in [0.3, 0.4) is 0 Å². The van der Waals surface area contributed by atoms with Crippen molar-refractivity contribution in [1.82, 2.24) is 9.97 Å². The number of nitrogen functional groups attached to an aromatic ring is 1.